The van der Waals surface area contributed by atoms with Gasteiger partial charge >= 0.3 is 11.9 Å². The molecule has 2 rings (SSSR count). The molecular weight excluding hydrogens is 324 g/mol. The summed E-state index contributed by atoms with van der Waals surface area (Å²) in [4.78, 5) is 24.0. The molecule has 2 aliphatic rings. The molecule has 0 aromatic rings. The number of hydrogen-bond acceptors (Lipinski definition) is 6. The molecule has 0 amide bonds. The minimum absolute atomic E-state index is 0.159. The number of carbonyl (C=O) groups is 2. The lowest BCUT2D eigenvalue weighted by molar-refractivity contribution is -0.177. The fourth-order valence-electron chi connectivity index (χ4n) is 3.16. The third-order valence-electron chi connectivity index (χ3n) is 4.74. The Balaban J connectivity index is 2.01. The Labute approximate surface area is 149 Å². The van der Waals surface area contributed by atoms with Gasteiger partial charge in [0, 0.05) is 12.5 Å². The van der Waals surface area contributed by atoms with Crippen molar-refractivity contribution in [1.29, 1.82) is 0 Å². The minimum atomic E-state index is -1.20. The Morgan fingerprint density at radius 3 is 2.52 bits per heavy atom. The Hall–Kier alpha value is -1.66. The van der Waals surface area contributed by atoms with Crippen LogP contribution in [-0.4, -0.2) is 45.2 Å². The fourth-order valence-corrected chi connectivity index (χ4v) is 3.16. The third-order valence-corrected chi connectivity index (χ3v) is 4.74. The van der Waals surface area contributed by atoms with Gasteiger partial charge < -0.3 is 18.9 Å². The van der Waals surface area contributed by atoms with Crippen molar-refractivity contribution in [3.05, 3.63) is 24.3 Å². The summed E-state index contributed by atoms with van der Waals surface area (Å²) in [5, 5.41) is 0. The molecule has 0 N–H and O–H groups in total. The van der Waals surface area contributed by atoms with Gasteiger partial charge in [-0.3, -0.25) is 9.59 Å². The van der Waals surface area contributed by atoms with Crippen molar-refractivity contribution in [3.8, 4) is 0 Å². The molecule has 25 heavy (non-hydrogen) atoms. The van der Waals surface area contributed by atoms with Crippen molar-refractivity contribution in [2.24, 2.45) is 11.3 Å². The van der Waals surface area contributed by atoms with Crippen LogP contribution in [0.4, 0.5) is 0 Å². The molecule has 140 valence electrons. The summed E-state index contributed by atoms with van der Waals surface area (Å²) in [6.45, 7) is 2.68. The normalized spacial score (nSPS) is 26.5. The SMILES string of the molecule is CC=CCC(/C=C/C1CC1(C(=O)OC)C(=O)OC)OC1CCCCO1. The van der Waals surface area contributed by atoms with E-state index in [-0.39, 0.29) is 18.3 Å². The first-order chi connectivity index (χ1) is 12.1. The number of allylic oxidation sites excluding steroid dienone is 2. The van der Waals surface area contributed by atoms with E-state index in [1.165, 1.54) is 14.2 Å². The highest BCUT2D eigenvalue weighted by Gasteiger charge is 2.66. The van der Waals surface area contributed by atoms with Crippen LogP contribution in [0.3, 0.4) is 0 Å². The molecule has 2 fully saturated rings. The van der Waals surface area contributed by atoms with Crippen molar-refractivity contribution < 1.29 is 28.5 Å². The van der Waals surface area contributed by atoms with E-state index in [0.717, 1.165) is 25.9 Å². The lowest BCUT2D eigenvalue weighted by atomic mass is 10.0. The van der Waals surface area contributed by atoms with Crippen LogP contribution in [0.15, 0.2) is 24.3 Å². The Morgan fingerprint density at radius 1 is 1.24 bits per heavy atom. The second-order valence-electron chi connectivity index (χ2n) is 6.43. The van der Waals surface area contributed by atoms with Crippen LogP contribution in [-0.2, 0) is 28.5 Å². The maximum Gasteiger partial charge on any atom is 0.323 e. The van der Waals surface area contributed by atoms with Gasteiger partial charge in [0.1, 0.15) is 0 Å². The topological polar surface area (TPSA) is 71.1 Å². The standard InChI is InChI=1S/C19H28O6/c1-4-5-8-15(25-16-9-6-7-12-24-16)11-10-14-13-19(14,17(20)22-2)18(21)23-3/h4-5,10-11,14-16H,6-9,12-13H2,1-3H3/b5-4?,11-10+. The first kappa shape index (κ1) is 19.7. The number of esters is 2. The molecule has 1 saturated heterocycles. The molecule has 1 aliphatic heterocycles. The summed E-state index contributed by atoms with van der Waals surface area (Å²) in [5.74, 6) is -1.32. The van der Waals surface area contributed by atoms with Crippen molar-refractivity contribution >= 4 is 11.9 Å². The molecule has 0 bridgehead atoms. The van der Waals surface area contributed by atoms with E-state index in [1.807, 2.05) is 31.2 Å². The molecule has 6 heteroatoms. The average Bonchev–Trinajstić information content (AvgIpc) is 3.39. The molecule has 0 aromatic heterocycles. The van der Waals surface area contributed by atoms with Crippen LogP contribution in [0.5, 0.6) is 0 Å². The fraction of sp³-hybridized carbons (Fsp3) is 0.684. The first-order valence-corrected chi connectivity index (χ1v) is 8.81. The molecule has 6 nitrogen and oxygen atoms in total. The highest BCUT2D eigenvalue weighted by molar-refractivity contribution is 6.04. The van der Waals surface area contributed by atoms with Crippen LogP contribution < -0.4 is 0 Å². The Morgan fingerprint density at radius 2 is 1.96 bits per heavy atom. The summed E-state index contributed by atoms with van der Waals surface area (Å²) in [5.41, 5.74) is -1.20. The van der Waals surface area contributed by atoms with E-state index in [4.69, 9.17) is 18.9 Å². The molecule has 3 atom stereocenters. The molecular formula is C19H28O6. The molecule has 1 saturated carbocycles. The van der Waals surface area contributed by atoms with Crippen molar-refractivity contribution in [3.63, 3.8) is 0 Å². The van der Waals surface area contributed by atoms with Gasteiger partial charge in [-0.05, 0) is 39.0 Å². The summed E-state index contributed by atoms with van der Waals surface area (Å²) in [6.07, 6.45) is 11.6. The molecule has 0 spiro atoms. The maximum atomic E-state index is 12.0. The summed E-state index contributed by atoms with van der Waals surface area (Å²) in [6, 6.07) is 0. The lowest BCUT2D eigenvalue weighted by Crippen LogP contribution is -2.30. The minimum Gasteiger partial charge on any atom is -0.468 e. The summed E-state index contributed by atoms with van der Waals surface area (Å²) < 4.78 is 21.2. The van der Waals surface area contributed by atoms with Gasteiger partial charge in [-0.2, -0.15) is 0 Å². The number of hydrogen-bond donors (Lipinski definition) is 0. The van der Waals surface area contributed by atoms with E-state index in [9.17, 15) is 9.59 Å². The average molecular weight is 352 g/mol. The molecule has 1 aliphatic carbocycles. The van der Waals surface area contributed by atoms with E-state index >= 15 is 0 Å². The highest BCUT2D eigenvalue weighted by Crippen LogP contribution is 2.55. The van der Waals surface area contributed by atoms with Gasteiger partial charge in [0.05, 0.1) is 20.3 Å². The van der Waals surface area contributed by atoms with Gasteiger partial charge in [-0.15, -0.1) is 0 Å². The number of carbonyl (C=O) groups excluding carboxylic acids is 2. The monoisotopic (exact) mass is 352 g/mol. The van der Waals surface area contributed by atoms with Crippen molar-refractivity contribution in [2.75, 3.05) is 20.8 Å². The zero-order valence-corrected chi connectivity index (χ0v) is 15.2. The zero-order chi connectivity index (χ0) is 18.3. The maximum absolute atomic E-state index is 12.0. The Bertz CT molecular complexity index is 502. The quantitative estimate of drug-likeness (QED) is 0.380. The molecule has 1 heterocycles. The largest absolute Gasteiger partial charge is 0.468 e. The first-order valence-electron chi connectivity index (χ1n) is 8.81. The highest BCUT2D eigenvalue weighted by atomic mass is 16.7. The molecule has 3 unspecified atom stereocenters. The van der Waals surface area contributed by atoms with Gasteiger partial charge in [-0.25, -0.2) is 0 Å². The van der Waals surface area contributed by atoms with Gasteiger partial charge in [-0.1, -0.05) is 24.3 Å². The van der Waals surface area contributed by atoms with Crippen LogP contribution in [0.25, 0.3) is 0 Å². The number of methoxy groups -OCH3 is 2. The smallest absolute Gasteiger partial charge is 0.323 e. The van der Waals surface area contributed by atoms with Crippen LogP contribution >= 0.6 is 0 Å². The van der Waals surface area contributed by atoms with Crippen molar-refractivity contribution in [1.82, 2.24) is 0 Å². The van der Waals surface area contributed by atoms with Gasteiger partial charge in [0.25, 0.3) is 0 Å². The van der Waals surface area contributed by atoms with Gasteiger partial charge in [0.15, 0.2) is 11.7 Å². The summed E-state index contributed by atoms with van der Waals surface area (Å²) in [7, 11) is 2.56. The van der Waals surface area contributed by atoms with Gasteiger partial charge in [0.2, 0.25) is 0 Å². The second kappa shape index (κ2) is 9.15. The van der Waals surface area contributed by atoms with E-state index in [0.29, 0.717) is 12.8 Å². The van der Waals surface area contributed by atoms with Crippen LogP contribution in [0.1, 0.15) is 39.0 Å². The predicted molar refractivity (Wildman–Crippen MR) is 91.6 cm³/mol. The third kappa shape index (κ3) is 4.70. The molecule has 0 aromatic carbocycles. The summed E-state index contributed by atoms with van der Waals surface area (Å²) >= 11 is 0. The Kier molecular flexibility index (Phi) is 7.20. The number of rotatable bonds is 8. The zero-order valence-electron chi connectivity index (χ0n) is 15.2. The van der Waals surface area contributed by atoms with E-state index in [1.54, 1.807) is 0 Å². The van der Waals surface area contributed by atoms with E-state index in [2.05, 4.69) is 0 Å². The number of ether oxygens (including phenoxy) is 4. The van der Waals surface area contributed by atoms with Crippen molar-refractivity contribution in [2.45, 2.75) is 51.4 Å². The van der Waals surface area contributed by atoms with Crippen LogP contribution in [0, 0.1) is 11.3 Å². The van der Waals surface area contributed by atoms with E-state index < -0.39 is 17.4 Å². The molecule has 0 radical (unpaired) electrons. The lowest BCUT2D eigenvalue weighted by Gasteiger charge is -2.26. The second-order valence-corrected chi connectivity index (χ2v) is 6.43. The predicted octanol–water partition coefficient (Wildman–Crippen LogP) is 2.77. The van der Waals surface area contributed by atoms with Crippen LogP contribution in [0.2, 0.25) is 0 Å².